The minimum atomic E-state index is -0.0543. The quantitative estimate of drug-likeness (QED) is 0.765. The number of amides is 2. The van der Waals surface area contributed by atoms with E-state index in [4.69, 9.17) is 0 Å². The van der Waals surface area contributed by atoms with E-state index in [1.165, 1.54) is 0 Å². The zero-order chi connectivity index (χ0) is 19.6. The van der Waals surface area contributed by atoms with Gasteiger partial charge in [0.2, 0.25) is 5.91 Å². The van der Waals surface area contributed by atoms with Crippen molar-refractivity contribution in [2.24, 2.45) is 0 Å². The fourth-order valence-corrected chi connectivity index (χ4v) is 4.39. The van der Waals surface area contributed by atoms with Crippen LogP contribution in [0.2, 0.25) is 0 Å². The molecule has 148 valence electrons. The summed E-state index contributed by atoms with van der Waals surface area (Å²) in [6.07, 6.45) is 3.39. The first kappa shape index (κ1) is 19.6. The summed E-state index contributed by atoms with van der Waals surface area (Å²) in [5, 5.41) is 3.10. The van der Waals surface area contributed by atoms with Crippen molar-refractivity contribution in [3.8, 4) is 0 Å². The highest BCUT2D eigenvalue weighted by molar-refractivity contribution is 6.02. The number of Topliss-reactive ketones (excluding diaryl/α,β-unsaturated/α-hetero) is 1. The van der Waals surface area contributed by atoms with Gasteiger partial charge in [0, 0.05) is 43.5 Å². The normalized spacial score (nSPS) is 20.9. The van der Waals surface area contributed by atoms with Crippen LogP contribution < -0.4 is 5.32 Å². The Morgan fingerprint density at radius 3 is 2.70 bits per heavy atom. The molecule has 2 amide bonds. The average Bonchev–Trinajstić information content (AvgIpc) is 2.98. The van der Waals surface area contributed by atoms with Gasteiger partial charge in [-0.2, -0.15) is 0 Å². The maximum atomic E-state index is 13.3. The lowest BCUT2D eigenvalue weighted by Gasteiger charge is -2.41. The topological polar surface area (TPSA) is 85.5 Å². The Balaban J connectivity index is 1.82. The summed E-state index contributed by atoms with van der Waals surface area (Å²) in [5.41, 5.74) is 2.81. The molecule has 1 aromatic rings. The van der Waals surface area contributed by atoms with Gasteiger partial charge in [0.25, 0.3) is 5.91 Å². The van der Waals surface area contributed by atoms with Crippen LogP contribution in [0.3, 0.4) is 0 Å². The fraction of sp³-hybridized carbons (Fsp3) is 0.650. The van der Waals surface area contributed by atoms with Crippen molar-refractivity contribution in [3.05, 3.63) is 22.5 Å². The molecule has 2 fully saturated rings. The number of aromatic nitrogens is 1. The summed E-state index contributed by atoms with van der Waals surface area (Å²) < 4.78 is 0. The number of aromatic amines is 1. The molecule has 1 atom stereocenters. The van der Waals surface area contributed by atoms with Gasteiger partial charge in [0.1, 0.15) is 5.69 Å². The number of hydrogen-bond donors (Lipinski definition) is 2. The molecule has 1 aromatic heterocycles. The predicted molar refractivity (Wildman–Crippen MR) is 103 cm³/mol. The first-order valence-electron chi connectivity index (χ1n) is 9.95. The van der Waals surface area contributed by atoms with E-state index < -0.39 is 0 Å². The zero-order valence-corrected chi connectivity index (χ0v) is 16.6. The van der Waals surface area contributed by atoms with Crippen LogP contribution in [0.15, 0.2) is 0 Å². The molecule has 0 aliphatic carbocycles. The molecule has 0 spiro atoms. The summed E-state index contributed by atoms with van der Waals surface area (Å²) >= 11 is 0. The van der Waals surface area contributed by atoms with E-state index in [0.29, 0.717) is 43.9 Å². The van der Waals surface area contributed by atoms with Gasteiger partial charge in [-0.1, -0.05) is 13.3 Å². The minimum Gasteiger partial charge on any atom is -0.354 e. The van der Waals surface area contributed by atoms with E-state index >= 15 is 0 Å². The maximum Gasteiger partial charge on any atom is 0.270 e. The Bertz CT molecular complexity index is 740. The van der Waals surface area contributed by atoms with Gasteiger partial charge in [-0.25, -0.2) is 0 Å². The van der Waals surface area contributed by atoms with Gasteiger partial charge in [-0.05, 0) is 38.7 Å². The molecule has 1 unspecified atom stereocenters. The number of aryl methyl sites for hydroxylation is 1. The molecule has 0 bridgehead atoms. The predicted octanol–water partition coefficient (Wildman–Crippen LogP) is 1.51. The number of hydrogen-bond acceptors (Lipinski definition) is 4. The number of piperidine rings is 1. The number of nitrogens with one attached hydrogen (secondary N) is 2. The van der Waals surface area contributed by atoms with Crippen molar-refractivity contribution in [2.75, 3.05) is 32.7 Å². The van der Waals surface area contributed by atoms with Gasteiger partial charge in [-0.15, -0.1) is 0 Å². The van der Waals surface area contributed by atoms with Crippen LogP contribution in [0.1, 0.15) is 65.2 Å². The maximum absolute atomic E-state index is 13.3. The highest BCUT2D eigenvalue weighted by Crippen LogP contribution is 2.25. The highest BCUT2D eigenvalue weighted by Gasteiger charge is 2.33. The molecule has 2 aliphatic rings. The van der Waals surface area contributed by atoms with E-state index in [1.807, 2.05) is 23.6 Å². The van der Waals surface area contributed by atoms with E-state index in [2.05, 4.69) is 10.3 Å². The Kier molecular flexibility index (Phi) is 5.99. The largest absolute Gasteiger partial charge is 0.354 e. The van der Waals surface area contributed by atoms with Crippen molar-refractivity contribution in [3.63, 3.8) is 0 Å². The van der Waals surface area contributed by atoms with E-state index in [1.54, 1.807) is 6.92 Å². The number of likely N-dealkylation sites (tertiary alicyclic amines) is 1. The highest BCUT2D eigenvalue weighted by atomic mass is 16.2. The van der Waals surface area contributed by atoms with Gasteiger partial charge < -0.3 is 20.1 Å². The standard InChI is InChI=1S/C20H30N4O3/c1-4-6-16-18(14(3)25)13(2)22-19(16)20(27)23-9-5-7-15(12-23)24-10-8-21-11-17(24)26/h15,21-22H,4-12H2,1-3H3. The van der Waals surface area contributed by atoms with Gasteiger partial charge >= 0.3 is 0 Å². The lowest BCUT2D eigenvalue weighted by Crippen LogP contribution is -2.57. The molecule has 2 saturated heterocycles. The third kappa shape index (κ3) is 3.93. The summed E-state index contributed by atoms with van der Waals surface area (Å²) in [6.45, 7) is 8.58. The van der Waals surface area contributed by atoms with Crippen LogP contribution in [0, 0.1) is 6.92 Å². The van der Waals surface area contributed by atoms with Crippen molar-refractivity contribution >= 4 is 17.6 Å². The van der Waals surface area contributed by atoms with Crippen molar-refractivity contribution in [2.45, 2.75) is 52.5 Å². The van der Waals surface area contributed by atoms with Crippen LogP contribution in [-0.4, -0.2) is 71.1 Å². The van der Waals surface area contributed by atoms with E-state index in [0.717, 1.165) is 37.1 Å². The molecule has 2 aliphatic heterocycles. The Morgan fingerprint density at radius 1 is 1.26 bits per heavy atom. The van der Waals surface area contributed by atoms with Gasteiger partial charge in [0.05, 0.1) is 6.54 Å². The lowest BCUT2D eigenvalue weighted by molar-refractivity contribution is -0.135. The summed E-state index contributed by atoms with van der Waals surface area (Å²) in [6, 6.07) is 0.0789. The van der Waals surface area contributed by atoms with Crippen LogP contribution in [0.25, 0.3) is 0 Å². The van der Waals surface area contributed by atoms with Gasteiger partial charge in [0.15, 0.2) is 5.78 Å². The van der Waals surface area contributed by atoms with Crippen molar-refractivity contribution in [1.82, 2.24) is 20.1 Å². The van der Waals surface area contributed by atoms with Crippen molar-refractivity contribution in [1.29, 1.82) is 0 Å². The number of nitrogens with zero attached hydrogens (tertiary/aromatic N) is 2. The zero-order valence-electron chi connectivity index (χ0n) is 16.6. The number of piperazine rings is 1. The number of rotatable bonds is 5. The van der Waals surface area contributed by atoms with Crippen molar-refractivity contribution < 1.29 is 14.4 Å². The Labute approximate surface area is 160 Å². The second-order valence-electron chi connectivity index (χ2n) is 7.60. The Hall–Kier alpha value is -2.15. The summed E-state index contributed by atoms with van der Waals surface area (Å²) in [5.74, 6) is 0.0531. The first-order valence-corrected chi connectivity index (χ1v) is 9.95. The fourth-order valence-electron chi connectivity index (χ4n) is 4.39. The number of carbonyl (C=O) groups is 3. The summed E-state index contributed by atoms with van der Waals surface area (Å²) in [7, 11) is 0. The molecule has 3 heterocycles. The average molecular weight is 374 g/mol. The third-order valence-corrected chi connectivity index (χ3v) is 5.61. The molecule has 7 heteroatoms. The number of H-pyrrole nitrogens is 1. The lowest BCUT2D eigenvalue weighted by atomic mass is 9.99. The summed E-state index contributed by atoms with van der Waals surface area (Å²) in [4.78, 5) is 44.5. The molecular formula is C20H30N4O3. The second-order valence-corrected chi connectivity index (χ2v) is 7.60. The van der Waals surface area contributed by atoms with Crippen LogP contribution in [0.4, 0.5) is 0 Å². The third-order valence-electron chi connectivity index (χ3n) is 5.61. The molecule has 3 rings (SSSR count). The van der Waals surface area contributed by atoms with Crippen LogP contribution in [0.5, 0.6) is 0 Å². The molecule has 7 nitrogen and oxygen atoms in total. The molecule has 2 N–H and O–H groups in total. The second kappa shape index (κ2) is 8.25. The van der Waals surface area contributed by atoms with Crippen LogP contribution in [-0.2, 0) is 11.2 Å². The monoisotopic (exact) mass is 374 g/mol. The van der Waals surface area contributed by atoms with Crippen LogP contribution >= 0.6 is 0 Å². The Morgan fingerprint density at radius 2 is 2.04 bits per heavy atom. The minimum absolute atomic E-state index is 0.00539. The number of ketones is 1. The molecular weight excluding hydrogens is 344 g/mol. The van der Waals surface area contributed by atoms with E-state index in [-0.39, 0.29) is 23.6 Å². The molecule has 0 aromatic carbocycles. The van der Waals surface area contributed by atoms with E-state index in [9.17, 15) is 14.4 Å². The molecule has 27 heavy (non-hydrogen) atoms. The molecule has 0 saturated carbocycles. The smallest absolute Gasteiger partial charge is 0.270 e. The SMILES string of the molecule is CCCc1c(C(=O)N2CCCC(N3CCNCC3=O)C2)[nH]c(C)c1C(C)=O. The molecule has 0 radical (unpaired) electrons. The van der Waals surface area contributed by atoms with Gasteiger partial charge in [-0.3, -0.25) is 14.4 Å². The number of carbonyl (C=O) groups excluding carboxylic acids is 3. The first-order chi connectivity index (χ1) is 12.9.